The highest BCUT2D eigenvalue weighted by atomic mass is 35.5. The largest absolute Gasteiger partial charge is 0.439 e. The summed E-state index contributed by atoms with van der Waals surface area (Å²) >= 11 is 6.16. The van der Waals surface area contributed by atoms with Crippen LogP contribution in [0.15, 0.2) is 40.9 Å². The molecule has 1 amide bonds. The highest BCUT2D eigenvalue weighted by molar-refractivity contribution is 6.31. The molecule has 2 heterocycles. The number of aromatic nitrogens is 2. The summed E-state index contributed by atoms with van der Waals surface area (Å²) in [5, 5.41) is 6.76. The Morgan fingerprint density at radius 2 is 2.07 bits per heavy atom. The first kappa shape index (κ1) is 21.9. The molecule has 10 heteroatoms. The average molecular weight is 441 g/mol. The third kappa shape index (κ3) is 4.52. The van der Waals surface area contributed by atoms with Crippen LogP contribution in [0.1, 0.15) is 27.2 Å². The van der Waals surface area contributed by atoms with Crippen molar-refractivity contribution in [3.8, 4) is 11.3 Å². The molecule has 0 bridgehead atoms. The van der Waals surface area contributed by atoms with E-state index in [1.807, 2.05) is 6.92 Å². The Balaban J connectivity index is 1.80. The minimum atomic E-state index is -4.50. The van der Waals surface area contributed by atoms with Gasteiger partial charge in [0.2, 0.25) is 5.22 Å². The molecule has 6 nitrogen and oxygen atoms in total. The van der Waals surface area contributed by atoms with Gasteiger partial charge in [0.05, 0.1) is 23.0 Å². The fourth-order valence-electron chi connectivity index (χ4n) is 3.27. The molecular weight excluding hydrogens is 421 g/mol. The number of hydrogen-bond acceptors (Lipinski definition) is 4. The predicted octanol–water partition coefficient (Wildman–Crippen LogP) is 3.96. The van der Waals surface area contributed by atoms with E-state index in [1.165, 1.54) is 24.3 Å². The minimum absolute atomic E-state index is 0.0126. The molecule has 3 aromatic rings. The molecule has 0 saturated heterocycles. The zero-order valence-corrected chi connectivity index (χ0v) is 17.0. The second-order valence-electron chi connectivity index (χ2n) is 6.86. The van der Waals surface area contributed by atoms with E-state index in [2.05, 4.69) is 10.4 Å². The maximum atomic E-state index is 13.2. The number of carbonyl (C=O) groups is 1. The number of nitrogens with two attached hydrogens (primary N) is 1. The monoisotopic (exact) mass is 440 g/mol. The SMILES string of the molecule is Cc1cnn(C)c1-c1cc(C(=O)NC(CN)Cc2ccccc2C(F)(F)F)oc1Cl. The van der Waals surface area contributed by atoms with Gasteiger partial charge in [-0.1, -0.05) is 18.2 Å². The van der Waals surface area contributed by atoms with Gasteiger partial charge in [0.15, 0.2) is 5.76 Å². The summed E-state index contributed by atoms with van der Waals surface area (Å²) in [6.07, 6.45) is -2.93. The van der Waals surface area contributed by atoms with Crippen LogP contribution in [-0.2, 0) is 19.6 Å². The molecule has 0 aliphatic carbocycles. The van der Waals surface area contributed by atoms with Crippen LogP contribution in [0.5, 0.6) is 0 Å². The van der Waals surface area contributed by atoms with Crippen LogP contribution in [0.2, 0.25) is 5.22 Å². The van der Waals surface area contributed by atoms with E-state index in [9.17, 15) is 18.0 Å². The van der Waals surface area contributed by atoms with E-state index >= 15 is 0 Å². The summed E-state index contributed by atoms with van der Waals surface area (Å²) < 4.78 is 46.6. The van der Waals surface area contributed by atoms with E-state index in [4.69, 9.17) is 21.8 Å². The quantitative estimate of drug-likeness (QED) is 0.607. The number of carbonyl (C=O) groups excluding carboxylic acids is 1. The smallest absolute Gasteiger partial charge is 0.416 e. The van der Waals surface area contributed by atoms with Crippen LogP contribution >= 0.6 is 11.6 Å². The molecule has 3 N–H and O–H groups in total. The van der Waals surface area contributed by atoms with Crippen LogP contribution in [0.25, 0.3) is 11.3 Å². The van der Waals surface area contributed by atoms with Crippen LogP contribution in [-0.4, -0.2) is 28.3 Å². The fourth-order valence-corrected chi connectivity index (χ4v) is 3.49. The Morgan fingerprint density at radius 3 is 2.67 bits per heavy atom. The standard InChI is InChI=1S/C20H20ClF3N4O2/c1-11-10-26-28(2)17(11)14-8-16(30-18(14)21)19(29)27-13(9-25)7-12-5-3-4-6-15(12)20(22,23)24/h3-6,8,10,13H,7,9,25H2,1-2H3,(H,27,29). The summed E-state index contributed by atoms with van der Waals surface area (Å²) in [5.74, 6) is -0.693. The first-order valence-electron chi connectivity index (χ1n) is 9.06. The molecule has 0 saturated carbocycles. The van der Waals surface area contributed by atoms with E-state index in [1.54, 1.807) is 17.9 Å². The normalized spacial score (nSPS) is 12.8. The van der Waals surface area contributed by atoms with E-state index in [0.717, 1.165) is 11.6 Å². The number of rotatable bonds is 6. The highest BCUT2D eigenvalue weighted by Gasteiger charge is 2.33. The van der Waals surface area contributed by atoms with Gasteiger partial charge in [0, 0.05) is 25.7 Å². The molecule has 1 unspecified atom stereocenters. The lowest BCUT2D eigenvalue weighted by atomic mass is 9.99. The number of furan rings is 1. The molecule has 30 heavy (non-hydrogen) atoms. The van der Waals surface area contributed by atoms with Gasteiger partial charge < -0.3 is 15.5 Å². The Hall–Kier alpha value is -2.78. The molecule has 0 aliphatic heterocycles. The summed E-state index contributed by atoms with van der Waals surface area (Å²) in [4.78, 5) is 12.6. The Kier molecular flexibility index (Phi) is 6.23. The van der Waals surface area contributed by atoms with Crippen molar-refractivity contribution in [1.82, 2.24) is 15.1 Å². The number of nitrogens with one attached hydrogen (secondary N) is 1. The third-order valence-electron chi connectivity index (χ3n) is 4.70. The maximum absolute atomic E-state index is 13.2. The molecule has 0 radical (unpaired) electrons. The summed E-state index contributed by atoms with van der Waals surface area (Å²) in [6.45, 7) is 1.79. The average Bonchev–Trinajstić information content (AvgIpc) is 3.22. The van der Waals surface area contributed by atoms with E-state index < -0.39 is 23.7 Å². The summed E-state index contributed by atoms with van der Waals surface area (Å²) in [5.41, 5.74) is 7.01. The highest BCUT2D eigenvalue weighted by Crippen LogP contribution is 2.34. The van der Waals surface area contributed by atoms with Crippen molar-refractivity contribution in [3.05, 3.63) is 64.2 Å². The lowest BCUT2D eigenvalue weighted by Gasteiger charge is -2.19. The molecule has 3 rings (SSSR count). The number of hydrogen-bond donors (Lipinski definition) is 2. The summed E-state index contributed by atoms with van der Waals surface area (Å²) in [6, 6.07) is 5.93. The number of aryl methyl sites for hydroxylation is 2. The van der Waals surface area contributed by atoms with Crippen LogP contribution in [0, 0.1) is 6.92 Å². The molecule has 1 atom stereocenters. The molecule has 0 spiro atoms. The van der Waals surface area contributed by atoms with Crippen molar-refractivity contribution in [1.29, 1.82) is 0 Å². The Morgan fingerprint density at radius 1 is 1.37 bits per heavy atom. The molecular formula is C20H20ClF3N4O2. The Labute approximate surface area is 175 Å². The fraction of sp³-hybridized carbons (Fsp3) is 0.300. The van der Waals surface area contributed by atoms with Gasteiger partial charge in [0.1, 0.15) is 0 Å². The Bertz CT molecular complexity index is 1040. The first-order chi connectivity index (χ1) is 14.1. The van der Waals surface area contributed by atoms with Gasteiger partial charge in [0.25, 0.3) is 5.91 Å². The van der Waals surface area contributed by atoms with Gasteiger partial charge in [-0.25, -0.2) is 0 Å². The van der Waals surface area contributed by atoms with Crippen LogP contribution in [0.3, 0.4) is 0 Å². The minimum Gasteiger partial charge on any atom is -0.439 e. The first-order valence-corrected chi connectivity index (χ1v) is 9.44. The topological polar surface area (TPSA) is 86.1 Å². The molecule has 1 aromatic carbocycles. The van der Waals surface area contributed by atoms with Gasteiger partial charge in [-0.2, -0.15) is 18.3 Å². The molecule has 0 aliphatic rings. The molecule has 0 fully saturated rings. The van der Waals surface area contributed by atoms with Crippen molar-refractivity contribution < 1.29 is 22.4 Å². The van der Waals surface area contributed by atoms with Crippen molar-refractivity contribution in [3.63, 3.8) is 0 Å². The zero-order chi connectivity index (χ0) is 22.1. The van der Waals surface area contributed by atoms with Gasteiger partial charge in [-0.15, -0.1) is 0 Å². The van der Waals surface area contributed by atoms with Crippen LogP contribution in [0.4, 0.5) is 13.2 Å². The van der Waals surface area contributed by atoms with Crippen molar-refractivity contribution in [2.75, 3.05) is 6.54 Å². The van der Waals surface area contributed by atoms with Crippen LogP contribution < -0.4 is 11.1 Å². The number of alkyl halides is 3. The zero-order valence-electron chi connectivity index (χ0n) is 16.3. The molecule has 2 aromatic heterocycles. The second-order valence-corrected chi connectivity index (χ2v) is 7.21. The lowest BCUT2D eigenvalue weighted by molar-refractivity contribution is -0.138. The molecule has 160 valence electrons. The van der Waals surface area contributed by atoms with E-state index in [0.29, 0.717) is 11.3 Å². The number of benzene rings is 1. The van der Waals surface area contributed by atoms with Crippen molar-refractivity contribution >= 4 is 17.5 Å². The van der Waals surface area contributed by atoms with Gasteiger partial charge >= 0.3 is 6.18 Å². The third-order valence-corrected chi connectivity index (χ3v) is 4.98. The predicted molar refractivity (Wildman–Crippen MR) is 106 cm³/mol. The number of nitrogens with zero attached hydrogens (tertiary/aromatic N) is 2. The van der Waals surface area contributed by atoms with Crippen molar-refractivity contribution in [2.24, 2.45) is 12.8 Å². The number of amides is 1. The summed E-state index contributed by atoms with van der Waals surface area (Å²) in [7, 11) is 1.73. The van der Waals surface area contributed by atoms with E-state index in [-0.39, 0.29) is 29.5 Å². The van der Waals surface area contributed by atoms with Crippen molar-refractivity contribution in [2.45, 2.75) is 25.6 Å². The van der Waals surface area contributed by atoms with Gasteiger partial charge in [-0.05, 0) is 42.1 Å². The lowest BCUT2D eigenvalue weighted by Crippen LogP contribution is -2.42. The van der Waals surface area contributed by atoms with Gasteiger partial charge in [-0.3, -0.25) is 9.48 Å². The number of halogens is 4. The maximum Gasteiger partial charge on any atom is 0.416 e. The second kappa shape index (κ2) is 8.53.